The topological polar surface area (TPSA) is 12.4 Å². The fraction of sp³-hybridized carbons (Fsp3) is 0.875. The number of hydrogen-bond acceptors (Lipinski definition) is 1. The average Bonchev–Trinajstić information content (AvgIpc) is 2.33. The van der Waals surface area contributed by atoms with Crippen LogP contribution in [-0.4, -0.2) is 37.5 Å². The van der Waals surface area contributed by atoms with Gasteiger partial charge in [-0.1, -0.05) is 13.3 Å². The summed E-state index contributed by atoms with van der Waals surface area (Å²) in [5, 5.41) is 0. The molecule has 0 aromatic rings. The van der Waals surface area contributed by atoms with Crippen LogP contribution in [-0.2, 0) is 0 Å². The Labute approximate surface area is 75.3 Å². The van der Waals surface area contributed by atoms with Crippen molar-refractivity contribution in [1.82, 2.24) is 0 Å². The third-order valence-electron chi connectivity index (χ3n) is 2.12. The smallest absolute Gasteiger partial charge is 0.185 e. The average molecular weight is 177 g/mol. The lowest BCUT2D eigenvalue weighted by Gasteiger charge is -2.24. The maximum Gasteiger partial charge on any atom is 0.185 e. The molecule has 1 heterocycles. The molecule has 66 valence electrons. The summed E-state index contributed by atoms with van der Waals surface area (Å²) in [5.74, 6) is 0. The standard InChI is InChI=1S/C8H17N2.ClH/c1-3-4-6-10(2)7-5-9-8-10;/h8H,3-7H2,1-2H3;1H/q+1;/p-1. The molecule has 1 aliphatic rings. The number of likely N-dealkylation sites (N-methyl/N-ethyl adjacent to an activating group) is 1. The molecular formula is C8H17ClN2. The molecule has 0 N–H and O–H groups in total. The van der Waals surface area contributed by atoms with Gasteiger partial charge in [0.1, 0.15) is 6.54 Å². The van der Waals surface area contributed by atoms with Crippen molar-refractivity contribution in [3.8, 4) is 0 Å². The van der Waals surface area contributed by atoms with Crippen molar-refractivity contribution < 1.29 is 16.9 Å². The Bertz CT molecular complexity index is 136. The number of nitrogens with zero attached hydrogens (tertiary/aromatic N) is 2. The van der Waals surface area contributed by atoms with Crippen LogP contribution in [0.2, 0.25) is 0 Å². The minimum absolute atomic E-state index is 0. The van der Waals surface area contributed by atoms with Gasteiger partial charge in [-0.25, -0.2) is 4.99 Å². The normalized spacial score (nSPS) is 28.5. The molecular weight excluding hydrogens is 160 g/mol. The molecule has 0 aromatic heterocycles. The molecule has 1 rings (SSSR count). The van der Waals surface area contributed by atoms with E-state index in [2.05, 4.69) is 25.3 Å². The van der Waals surface area contributed by atoms with Gasteiger partial charge < -0.3 is 12.4 Å². The van der Waals surface area contributed by atoms with E-state index in [0.29, 0.717) is 0 Å². The van der Waals surface area contributed by atoms with E-state index in [-0.39, 0.29) is 12.4 Å². The van der Waals surface area contributed by atoms with Crippen LogP contribution in [0.5, 0.6) is 0 Å². The Balaban J connectivity index is 0.000001000. The zero-order valence-corrected chi connectivity index (χ0v) is 8.14. The van der Waals surface area contributed by atoms with Gasteiger partial charge in [0.25, 0.3) is 0 Å². The van der Waals surface area contributed by atoms with E-state index in [0.717, 1.165) is 11.0 Å². The summed E-state index contributed by atoms with van der Waals surface area (Å²) in [6, 6.07) is 0. The minimum atomic E-state index is 0. The van der Waals surface area contributed by atoms with Gasteiger partial charge in [0.15, 0.2) is 6.34 Å². The van der Waals surface area contributed by atoms with Crippen molar-refractivity contribution in [3.05, 3.63) is 0 Å². The third-order valence-corrected chi connectivity index (χ3v) is 2.12. The van der Waals surface area contributed by atoms with Crippen molar-refractivity contribution >= 4 is 6.34 Å². The van der Waals surface area contributed by atoms with Crippen LogP contribution in [0.1, 0.15) is 19.8 Å². The molecule has 3 heteroatoms. The molecule has 0 aromatic carbocycles. The first kappa shape index (κ1) is 10.9. The third kappa shape index (κ3) is 3.21. The quantitative estimate of drug-likeness (QED) is 0.454. The lowest BCUT2D eigenvalue weighted by atomic mass is 10.3. The molecule has 0 spiro atoms. The summed E-state index contributed by atoms with van der Waals surface area (Å²) >= 11 is 0. The van der Waals surface area contributed by atoms with Crippen LogP contribution in [0.25, 0.3) is 0 Å². The highest BCUT2D eigenvalue weighted by atomic mass is 35.5. The molecule has 0 saturated heterocycles. The highest BCUT2D eigenvalue weighted by Crippen LogP contribution is 2.06. The zero-order chi connectivity index (χ0) is 7.45. The monoisotopic (exact) mass is 176 g/mol. The summed E-state index contributed by atoms with van der Waals surface area (Å²) in [6.45, 7) is 5.74. The van der Waals surface area contributed by atoms with E-state index >= 15 is 0 Å². The first-order valence-corrected chi connectivity index (χ1v) is 4.12. The second-order valence-corrected chi connectivity index (χ2v) is 3.30. The summed E-state index contributed by atoms with van der Waals surface area (Å²) in [7, 11) is 2.26. The van der Waals surface area contributed by atoms with Crippen LogP contribution in [0, 0.1) is 0 Å². The Morgan fingerprint density at radius 2 is 2.27 bits per heavy atom. The van der Waals surface area contributed by atoms with Gasteiger partial charge in [-0.15, -0.1) is 0 Å². The maximum atomic E-state index is 4.24. The van der Waals surface area contributed by atoms with Gasteiger partial charge in [0, 0.05) is 0 Å². The van der Waals surface area contributed by atoms with Crippen molar-refractivity contribution in [2.24, 2.45) is 4.99 Å². The molecule has 0 aliphatic carbocycles. The number of aliphatic imine (C=N–C) groups is 1. The van der Waals surface area contributed by atoms with E-state index in [1.807, 2.05) is 0 Å². The Kier molecular flexibility index (Phi) is 4.69. The number of halogens is 1. The van der Waals surface area contributed by atoms with Gasteiger partial charge in [0.05, 0.1) is 20.1 Å². The fourth-order valence-electron chi connectivity index (χ4n) is 1.29. The minimum Gasteiger partial charge on any atom is -1.00 e. The molecule has 0 amide bonds. The molecule has 0 saturated carbocycles. The van der Waals surface area contributed by atoms with Gasteiger partial charge in [0.2, 0.25) is 0 Å². The second kappa shape index (κ2) is 4.73. The highest BCUT2D eigenvalue weighted by Gasteiger charge is 2.21. The van der Waals surface area contributed by atoms with Gasteiger partial charge in [-0.05, 0) is 6.42 Å². The first-order chi connectivity index (χ1) is 4.77. The molecule has 11 heavy (non-hydrogen) atoms. The Morgan fingerprint density at radius 1 is 1.55 bits per heavy atom. The summed E-state index contributed by atoms with van der Waals surface area (Å²) in [6.07, 6.45) is 4.71. The fourth-order valence-corrected chi connectivity index (χ4v) is 1.29. The number of quaternary nitrogens is 1. The second-order valence-electron chi connectivity index (χ2n) is 3.30. The lowest BCUT2D eigenvalue weighted by Crippen LogP contribution is -3.00. The summed E-state index contributed by atoms with van der Waals surface area (Å²) < 4.78 is 1.06. The van der Waals surface area contributed by atoms with Crippen molar-refractivity contribution in [3.63, 3.8) is 0 Å². The van der Waals surface area contributed by atoms with E-state index in [4.69, 9.17) is 0 Å². The molecule has 0 fully saturated rings. The number of unbranched alkanes of at least 4 members (excludes halogenated alkanes) is 1. The number of rotatable bonds is 3. The molecule has 1 unspecified atom stereocenters. The zero-order valence-electron chi connectivity index (χ0n) is 7.39. The number of hydrogen-bond donors (Lipinski definition) is 0. The Morgan fingerprint density at radius 3 is 2.73 bits per heavy atom. The van der Waals surface area contributed by atoms with Gasteiger partial charge >= 0.3 is 0 Å². The van der Waals surface area contributed by atoms with Crippen molar-refractivity contribution in [1.29, 1.82) is 0 Å². The van der Waals surface area contributed by atoms with Crippen LogP contribution in [0.4, 0.5) is 0 Å². The van der Waals surface area contributed by atoms with Crippen LogP contribution >= 0.6 is 0 Å². The van der Waals surface area contributed by atoms with Crippen LogP contribution in [0.3, 0.4) is 0 Å². The highest BCUT2D eigenvalue weighted by molar-refractivity contribution is 5.47. The summed E-state index contributed by atoms with van der Waals surface area (Å²) in [4.78, 5) is 4.24. The van der Waals surface area contributed by atoms with Gasteiger partial charge in [-0.3, -0.25) is 4.48 Å². The van der Waals surface area contributed by atoms with Crippen molar-refractivity contribution in [2.75, 3.05) is 26.7 Å². The van der Waals surface area contributed by atoms with E-state index in [1.165, 1.54) is 25.9 Å². The predicted molar refractivity (Wildman–Crippen MR) is 44.2 cm³/mol. The Hall–Kier alpha value is -0.0800. The van der Waals surface area contributed by atoms with Crippen molar-refractivity contribution in [2.45, 2.75) is 19.8 Å². The molecule has 1 atom stereocenters. The first-order valence-electron chi connectivity index (χ1n) is 4.12. The van der Waals surface area contributed by atoms with Crippen LogP contribution in [0.15, 0.2) is 4.99 Å². The SMILES string of the molecule is CCCC[N+]1(C)C=NCC1.[Cl-]. The van der Waals surface area contributed by atoms with E-state index < -0.39 is 0 Å². The predicted octanol–water partition coefficient (Wildman–Crippen LogP) is -1.72. The lowest BCUT2D eigenvalue weighted by molar-refractivity contribution is -0.807. The largest absolute Gasteiger partial charge is 1.00 e. The molecule has 0 bridgehead atoms. The maximum absolute atomic E-state index is 4.24. The van der Waals surface area contributed by atoms with Gasteiger partial charge in [-0.2, -0.15) is 0 Å². The van der Waals surface area contributed by atoms with E-state index in [9.17, 15) is 0 Å². The molecule has 1 aliphatic heterocycles. The molecule has 2 nitrogen and oxygen atoms in total. The molecule has 0 radical (unpaired) electrons. The van der Waals surface area contributed by atoms with E-state index in [1.54, 1.807) is 0 Å². The van der Waals surface area contributed by atoms with Crippen LogP contribution < -0.4 is 12.4 Å². The summed E-state index contributed by atoms with van der Waals surface area (Å²) in [5.41, 5.74) is 0.